The van der Waals surface area contributed by atoms with E-state index < -0.39 is 42.4 Å². The molecule has 0 saturated heterocycles. The highest BCUT2D eigenvalue weighted by Gasteiger charge is 2.43. The molecule has 1 atom stereocenters. The molecule has 1 aliphatic rings. The van der Waals surface area contributed by atoms with Crippen molar-refractivity contribution in [2.24, 2.45) is 5.92 Å². The van der Waals surface area contributed by atoms with Crippen molar-refractivity contribution < 1.29 is 28.7 Å². The molecule has 0 unspecified atom stereocenters. The molecule has 5 amide bonds. The summed E-state index contributed by atoms with van der Waals surface area (Å²) in [5.74, 6) is -2.13. The monoisotopic (exact) mass is 435 g/mol. The molecule has 0 radical (unpaired) electrons. The van der Waals surface area contributed by atoms with Gasteiger partial charge >= 0.3 is 12.0 Å². The molecule has 9 nitrogen and oxygen atoms in total. The number of fused-ring (bicyclic) bond motifs is 1. The van der Waals surface area contributed by atoms with Crippen LogP contribution in [-0.4, -0.2) is 65.8 Å². The molecule has 30 heavy (non-hydrogen) atoms. The first kappa shape index (κ1) is 23.4. The fourth-order valence-electron chi connectivity index (χ4n) is 2.81. The summed E-state index contributed by atoms with van der Waals surface area (Å²) in [6, 6.07) is 4.47. The lowest BCUT2D eigenvalue weighted by atomic mass is 10.1. The summed E-state index contributed by atoms with van der Waals surface area (Å²) >= 11 is 1.44. The number of imide groups is 2. The minimum atomic E-state index is -1.16. The summed E-state index contributed by atoms with van der Waals surface area (Å²) in [6.07, 6.45) is 2.01. The summed E-state index contributed by atoms with van der Waals surface area (Å²) in [7, 11) is 0. The van der Waals surface area contributed by atoms with E-state index >= 15 is 0 Å². The molecular weight excluding hydrogens is 410 g/mol. The van der Waals surface area contributed by atoms with Crippen LogP contribution < -0.4 is 10.6 Å². The highest BCUT2D eigenvalue weighted by Crippen LogP contribution is 2.26. The van der Waals surface area contributed by atoms with Crippen LogP contribution in [0.1, 0.15) is 41.0 Å². The largest absolute Gasteiger partial charge is 0.454 e. The number of esters is 1. The van der Waals surface area contributed by atoms with Gasteiger partial charge in [-0.3, -0.25) is 24.6 Å². The minimum Gasteiger partial charge on any atom is -0.454 e. The number of rotatable bonds is 9. The van der Waals surface area contributed by atoms with Gasteiger partial charge in [-0.2, -0.15) is 11.8 Å². The molecule has 0 aromatic heterocycles. The maximum Gasteiger partial charge on any atom is 0.329 e. The second kappa shape index (κ2) is 10.8. The Morgan fingerprint density at radius 3 is 2.23 bits per heavy atom. The number of benzene rings is 1. The van der Waals surface area contributed by atoms with Gasteiger partial charge in [-0.1, -0.05) is 26.0 Å². The van der Waals surface area contributed by atoms with Gasteiger partial charge in [0.1, 0.15) is 6.04 Å². The van der Waals surface area contributed by atoms with E-state index in [0.717, 1.165) is 4.90 Å². The van der Waals surface area contributed by atoms with E-state index in [4.69, 9.17) is 4.74 Å². The van der Waals surface area contributed by atoms with Crippen LogP contribution in [0.15, 0.2) is 24.3 Å². The van der Waals surface area contributed by atoms with Crippen molar-refractivity contribution >= 4 is 41.5 Å². The van der Waals surface area contributed by atoms with Crippen LogP contribution >= 0.6 is 11.8 Å². The highest BCUT2D eigenvalue weighted by molar-refractivity contribution is 7.98. The highest BCUT2D eigenvalue weighted by atomic mass is 32.2. The van der Waals surface area contributed by atoms with Crippen LogP contribution in [0, 0.1) is 5.92 Å². The van der Waals surface area contributed by atoms with Crippen LogP contribution in [0.25, 0.3) is 0 Å². The lowest BCUT2D eigenvalue weighted by molar-refractivity contribution is -0.152. The molecule has 0 saturated carbocycles. The SMILES string of the molecule is CSCC[C@H](C(=O)OCC(=O)NC(=O)NCC(C)C)N1C(=O)c2ccccc2C1=O. The predicted octanol–water partition coefficient (Wildman–Crippen LogP) is 1.43. The second-order valence-electron chi connectivity index (χ2n) is 7.08. The summed E-state index contributed by atoms with van der Waals surface area (Å²) in [5, 5.41) is 4.56. The summed E-state index contributed by atoms with van der Waals surface area (Å²) in [4.78, 5) is 62.4. The molecule has 1 aromatic rings. The van der Waals surface area contributed by atoms with Gasteiger partial charge in [-0.25, -0.2) is 9.59 Å². The smallest absolute Gasteiger partial charge is 0.329 e. The van der Waals surface area contributed by atoms with Gasteiger partial charge in [-0.05, 0) is 36.5 Å². The first-order valence-corrected chi connectivity index (χ1v) is 10.9. The van der Waals surface area contributed by atoms with Gasteiger partial charge in [0.05, 0.1) is 11.1 Å². The standard InChI is InChI=1S/C20H25N3O6S/c1-12(2)10-21-20(28)22-16(24)11-29-19(27)15(8-9-30-3)23-17(25)13-6-4-5-7-14(13)18(23)26/h4-7,12,15H,8-11H2,1-3H3,(H2,21,22,24,28)/t15-/m1/s1. The molecule has 2 rings (SSSR count). The molecule has 0 fully saturated rings. The van der Waals surface area contributed by atoms with Crippen molar-refractivity contribution in [3.05, 3.63) is 35.4 Å². The molecule has 10 heteroatoms. The van der Waals surface area contributed by atoms with E-state index in [1.54, 1.807) is 12.1 Å². The molecule has 1 aliphatic heterocycles. The molecule has 0 spiro atoms. The molecule has 1 heterocycles. The van der Waals surface area contributed by atoms with Gasteiger partial charge in [0.15, 0.2) is 6.61 Å². The number of hydrogen-bond acceptors (Lipinski definition) is 7. The van der Waals surface area contributed by atoms with E-state index in [2.05, 4.69) is 10.6 Å². The fraction of sp³-hybridized carbons (Fsp3) is 0.450. The summed E-state index contributed by atoms with van der Waals surface area (Å²) in [6.45, 7) is 3.48. The van der Waals surface area contributed by atoms with Gasteiger partial charge in [0.25, 0.3) is 17.7 Å². The lowest BCUT2D eigenvalue weighted by Gasteiger charge is -2.24. The Bertz CT molecular complexity index is 807. The van der Waals surface area contributed by atoms with Gasteiger partial charge in [0.2, 0.25) is 0 Å². The first-order chi connectivity index (χ1) is 14.3. The Morgan fingerprint density at radius 2 is 1.70 bits per heavy atom. The van der Waals surface area contributed by atoms with Crippen molar-refractivity contribution in [2.45, 2.75) is 26.3 Å². The number of carbonyl (C=O) groups is 5. The lowest BCUT2D eigenvalue weighted by Crippen LogP contribution is -2.47. The normalized spacial score (nSPS) is 13.8. The minimum absolute atomic E-state index is 0.183. The zero-order chi connectivity index (χ0) is 22.3. The zero-order valence-electron chi connectivity index (χ0n) is 17.1. The number of nitrogens with zero attached hydrogens (tertiary/aromatic N) is 1. The number of thioether (sulfide) groups is 1. The van der Waals surface area contributed by atoms with Gasteiger partial charge in [-0.15, -0.1) is 0 Å². The average molecular weight is 436 g/mol. The van der Waals surface area contributed by atoms with Crippen molar-refractivity contribution in [3.63, 3.8) is 0 Å². The fourth-order valence-corrected chi connectivity index (χ4v) is 3.27. The predicted molar refractivity (Wildman–Crippen MR) is 111 cm³/mol. The Kier molecular flexibility index (Phi) is 8.40. The molecule has 1 aromatic carbocycles. The molecule has 162 valence electrons. The van der Waals surface area contributed by atoms with E-state index in [0.29, 0.717) is 12.3 Å². The number of hydrogen-bond donors (Lipinski definition) is 2. The Balaban J connectivity index is 2.01. The van der Waals surface area contributed by atoms with Crippen LogP contribution in [-0.2, 0) is 14.3 Å². The van der Waals surface area contributed by atoms with Gasteiger partial charge < -0.3 is 10.1 Å². The maximum absolute atomic E-state index is 12.7. The van der Waals surface area contributed by atoms with Crippen LogP contribution in [0.5, 0.6) is 0 Å². The third-order valence-electron chi connectivity index (χ3n) is 4.27. The van der Waals surface area contributed by atoms with Crippen molar-refractivity contribution in [2.75, 3.05) is 25.2 Å². The third-order valence-corrected chi connectivity index (χ3v) is 4.92. The van der Waals surface area contributed by atoms with Crippen molar-refractivity contribution in [3.8, 4) is 0 Å². The van der Waals surface area contributed by atoms with Crippen LogP contribution in [0.3, 0.4) is 0 Å². The van der Waals surface area contributed by atoms with Crippen LogP contribution in [0.4, 0.5) is 4.79 Å². The Hall–Kier alpha value is -2.88. The Labute approximate surface area is 178 Å². The molecule has 0 aliphatic carbocycles. The first-order valence-electron chi connectivity index (χ1n) is 9.46. The van der Waals surface area contributed by atoms with E-state index in [9.17, 15) is 24.0 Å². The number of nitrogens with one attached hydrogen (secondary N) is 2. The number of ether oxygens (including phenoxy) is 1. The Morgan fingerprint density at radius 1 is 1.10 bits per heavy atom. The maximum atomic E-state index is 12.7. The second-order valence-corrected chi connectivity index (χ2v) is 8.07. The number of amides is 5. The van der Waals surface area contributed by atoms with Crippen molar-refractivity contribution in [1.29, 1.82) is 0 Å². The van der Waals surface area contributed by atoms with E-state index in [1.807, 2.05) is 20.1 Å². The van der Waals surface area contributed by atoms with Crippen LogP contribution in [0.2, 0.25) is 0 Å². The summed E-state index contributed by atoms with van der Waals surface area (Å²) < 4.78 is 5.01. The molecule has 0 bridgehead atoms. The van der Waals surface area contributed by atoms with E-state index in [1.165, 1.54) is 23.9 Å². The van der Waals surface area contributed by atoms with Crippen molar-refractivity contribution in [1.82, 2.24) is 15.5 Å². The zero-order valence-corrected chi connectivity index (χ0v) is 17.9. The number of urea groups is 1. The average Bonchev–Trinajstić information content (AvgIpc) is 2.96. The number of carbonyl (C=O) groups excluding carboxylic acids is 5. The molecule has 2 N–H and O–H groups in total. The quantitative estimate of drug-likeness (QED) is 0.444. The van der Waals surface area contributed by atoms with E-state index in [-0.39, 0.29) is 23.5 Å². The third kappa shape index (κ3) is 5.82. The summed E-state index contributed by atoms with van der Waals surface area (Å²) in [5.41, 5.74) is 0.452. The topological polar surface area (TPSA) is 122 Å². The van der Waals surface area contributed by atoms with Gasteiger partial charge in [0, 0.05) is 6.54 Å². The molecular formula is C20H25N3O6S.